The van der Waals surface area contributed by atoms with Crippen LogP contribution in [0.5, 0.6) is 0 Å². The molecule has 0 aromatic heterocycles. The second kappa shape index (κ2) is 7.46. The second-order valence-corrected chi connectivity index (χ2v) is 7.53. The molecule has 0 saturated heterocycles. The van der Waals surface area contributed by atoms with Crippen molar-refractivity contribution in [2.24, 2.45) is 22.7 Å². The number of hydrogen-bond acceptors (Lipinski definition) is 3. The van der Waals surface area contributed by atoms with Crippen molar-refractivity contribution in [3.63, 3.8) is 0 Å². The lowest BCUT2D eigenvalue weighted by Crippen LogP contribution is -2.32. The Morgan fingerprint density at radius 2 is 1.54 bits per heavy atom. The number of nitrogens with zero attached hydrogens (tertiary/aromatic N) is 1. The van der Waals surface area contributed by atoms with Crippen LogP contribution in [0.4, 0.5) is 8.78 Å². The molecule has 0 heterocycles. The molecule has 0 amide bonds. The van der Waals surface area contributed by atoms with Gasteiger partial charge < -0.3 is 4.74 Å². The second-order valence-electron chi connectivity index (χ2n) is 7.53. The van der Waals surface area contributed by atoms with Gasteiger partial charge in [-0.25, -0.2) is 13.6 Å². The van der Waals surface area contributed by atoms with E-state index in [9.17, 15) is 13.6 Å². The molecular weight excluding hydrogens is 360 g/mol. The van der Waals surface area contributed by atoms with E-state index < -0.39 is 29.8 Å². The van der Waals surface area contributed by atoms with E-state index in [0.717, 1.165) is 11.1 Å². The lowest BCUT2D eigenvalue weighted by atomic mass is 9.93. The van der Waals surface area contributed by atoms with Crippen LogP contribution >= 0.6 is 0 Å². The van der Waals surface area contributed by atoms with Crippen LogP contribution in [-0.4, -0.2) is 30.3 Å². The van der Waals surface area contributed by atoms with Crippen LogP contribution < -0.4 is 0 Å². The van der Waals surface area contributed by atoms with Crippen LogP contribution in [-0.2, 0) is 9.53 Å². The number of benzene rings is 2. The normalized spacial score (nSPS) is 25.5. The summed E-state index contributed by atoms with van der Waals surface area (Å²) in [5.41, 5.74) is 2.46. The molecule has 3 nitrogen and oxygen atoms in total. The van der Waals surface area contributed by atoms with E-state index in [0.29, 0.717) is 18.6 Å². The molecule has 146 valence electrons. The Kier molecular flexibility index (Phi) is 5.00. The minimum absolute atomic E-state index is 0.212. The van der Waals surface area contributed by atoms with Crippen molar-refractivity contribution in [2.45, 2.75) is 31.7 Å². The van der Waals surface area contributed by atoms with Gasteiger partial charge in [0, 0.05) is 23.0 Å². The fraction of sp³-hybridized carbons (Fsp3) is 0.391. The maximum absolute atomic E-state index is 13.7. The Morgan fingerprint density at radius 1 is 1.04 bits per heavy atom. The topological polar surface area (TPSA) is 38.7 Å². The zero-order chi connectivity index (χ0) is 19.7. The monoisotopic (exact) mass is 383 g/mol. The molecule has 0 radical (unpaired) electrons. The summed E-state index contributed by atoms with van der Waals surface area (Å²) >= 11 is 0. The molecule has 28 heavy (non-hydrogen) atoms. The average Bonchev–Trinajstić information content (AvgIpc) is 3.05. The number of hydrogen-bond donors (Lipinski definition) is 0. The predicted octanol–water partition coefficient (Wildman–Crippen LogP) is 4.75. The number of halogens is 2. The minimum atomic E-state index is -2.57. The van der Waals surface area contributed by atoms with Crippen LogP contribution in [0.2, 0.25) is 0 Å². The molecule has 4 atom stereocenters. The largest absolute Gasteiger partial charge is 0.464 e. The van der Waals surface area contributed by atoms with Gasteiger partial charge >= 0.3 is 5.97 Å². The van der Waals surface area contributed by atoms with Gasteiger partial charge in [-0.1, -0.05) is 60.7 Å². The molecule has 0 spiro atoms. The fourth-order valence-corrected chi connectivity index (χ4v) is 4.33. The summed E-state index contributed by atoms with van der Waals surface area (Å²) in [5.74, 6) is -4.43. The predicted molar refractivity (Wildman–Crippen MR) is 104 cm³/mol. The van der Waals surface area contributed by atoms with E-state index in [1.54, 1.807) is 6.92 Å². The Balaban J connectivity index is 1.71. The molecule has 0 aliphatic heterocycles. The number of esters is 1. The molecule has 2 aliphatic rings. The number of aliphatic imine (C=N–C) groups is 1. The van der Waals surface area contributed by atoms with Gasteiger partial charge in [-0.2, -0.15) is 0 Å². The molecule has 2 aliphatic carbocycles. The van der Waals surface area contributed by atoms with E-state index in [4.69, 9.17) is 9.73 Å². The Bertz CT molecular complexity index is 811. The Labute approximate surface area is 163 Å². The average molecular weight is 383 g/mol. The summed E-state index contributed by atoms with van der Waals surface area (Å²) in [7, 11) is 0. The molecule has 0 N–H and O–H groups in total. The van der Waals surface area contributed by atoms with Crippen LogP contribution in [0.15, 0.2) is 65.7 Å². The summed E-state index contributed by atoms with van der Waals surface area (Å²) in [6.45, 7) is 1.99. The van der Waals surface area contributed by atoms with E-state index >= 15 is 0 Å². The number of fused-ring (bicyclic) bond motifs is 1. The van der Waals surface area contributed by atoms with Crippen LogP contribution in [0.1, 0.15) is 30.9 Å². The molecule has 2 aromatic rings. The van der Waals surface area contributed by atoms with E-state index in [1.165, 1.54) is 0 Å². The molecule has 2 aromatic carbocycles. The van der Waals surface area contributed by atoms with Crippen molar-refractivity contribution in [3.8, 4) is 0 Å². The summed E-state index contributed by atoms with van der Waals surface area (Å²) in [5, 5.41) is 0. The molecule has 2 fully saturated rings. The first-order chi connectivity index (χ1) is 13.5. The Hall–Kier alpha value is -2.56. The van der Waals surface area contributed by atoms with Gasteiger partial charge in [0.25, 0.3) is 5.92 Å². The van der Waals surface area contributed by atoms with E-state index in [2.05, 4.69) is 0 Å². The van der Waals surface area contributed by atoms with Crippen molar-refractivity contribution < 1.29 is 18.3 Å². The summed E-state index contributed by atoms with van der Waals surface area (Å²) in [6.07, 6.45) is 0.642. The number of carbonyl (C=O) groups excluding carboxylic acids is 1. The van der Waals surface area contributed by atoms with Crippen molar-refractivity contribution in [1.29, 1.82) is 0 Å². The number of alkyl halides is 2. The zero-order valence-electron chi connectivity index (χ0n) is 15.7. The fourth-order valence-electron chi connectivity index (χ4n) is 4.33. The van der Waals surface area contributed by atoms with Gasteiger partial charge in [0.2, 0.25) is 0 Å². The van der Waals surface area contributed by atoms with Gasteiger partial charge in [-0.3, -0.25) is 4.99 Å². The summed E-state index contributed by atoms with van der Waals surface area (Å²) in [4.78, 5) is 17.5. The maximum Gasteiger partial charge on any atom is 0.331 e. The first-order valence-corrected chi connectivity index (χ1v) is 9.75. The standard InChI is InChI=1S/C23H23F2NO2/c1-2-28-22(27)21(17-13-18-19(14-17)23(18,24)25)26-20(15-9-5-3-6-10-15)16-11-7-4-8-12-16/h3-12,17-19,21H,2,13-14H2,1H3/t17?,18-,19+,21?. The molecular formula is C23H23F2NO2. The van der Waals surface area contributed by atoms with Gasteiger partial charge in [0.15, 0.2) is 6.04 Å². The molecule has 2 saturated carbocycles. The maximum atomic E-state index is 13.7. The summed E-state index contributed by atoms with van der Waals surface area (Å²) in [6, 6.07) is 18.5. The highest BCUT2D eigenvalue weighted by atomic mass is 19.3. The van der Waals surface area contributed by atoms with Crippen molar-refractivity contribution in [3.05, 3.63) is 71.8 Å². The zero-order valence-corrected chi connectivity index (χ0v) is 15.7. The number of ether oxygens (including phenoxy) is 1. The smallest absolute Gasteiger partial charge is 0.331 e. The highest BCUT2D eigenvalue weighted by Gasteiger charge is 2.72. The van der Waals surface area contributed by atoms with Crippen LogP contribution in [0.25, 0.3) is 0 Å². The first-order valence-electron chi connectivity index (χ1n) is 9.75. The van der Waals surface area contributed by atoms with Gasteiger partial charge in [0.1, 0.15) is 0 Å². The SMILES string of the molecule is CCOC(=O)C(N=C(c1ccccc1)c1ccccc1)C1C[C@@H]2[C@H](C1)C2(F)F. The quantitative estimate of drug-likeness (QED) is 0.533. The third kappa shape index (κ3) is 3.46. The van der Waals surface area contributed by atoms with Crippen molar-refractivity contribution in [1.82, 2.24) is 0 Å². The van der Waals surface area contributed by atoms with Crippen molar-refractivity contribution in [2.75, 3.05) is 6.61 Å². The highest BCUT2D eigenvalue weighted by molar-refractivity contribution is 6.13. The van der Waals surface area contributed by atoms with Crippen LogP contribution in [0.3, 0.4) is 0 Å². The molecule has 0 bridgehead atoms. The summed E-state index contributed by atoms with van der Waals surface area (Å²) < 4.78 is 32.6. The molecule has 4 rings (SSSR count). The third-order valence-electron chi connectivity index (χ3n) is 5.82. The minimum Gasteiger partial charge on any atom is -0.464 e. The van der Waals surface area contributed by atoms with Gasteiger partial charge in [-0.05, 0) is 25.7 Å². The van der Waals surface area contributed by atoms with Crippen molar-refractivity contribution >= 4 is 11.7 Å². The van der Waals surface area contributed by atoms with E-state index in [-0.39, 0.29) is 12.5 Å². The first kappa shape index (κ1) is 18.8. The van der Waals surface area contributed by atoms with E-state index in [1.807, 2.05) is 60.7 Å². The molecule has 5 heteroatoms. The third-order valence-corrected chi connectivity index (χ3v) is 5.82. The lowest BCUT2D eigenvalue weighted by Gasteiger charge is -2.22. The molecule has 2 unspecified atom stereocenters. The highest BCUT2D eigenvalue weighted by Crippen LogP contribution is 2.66. The number of carbonyl (C=O) groups is 1. The van der Waals surface area contributed by atoms with Gasteiger partial charge in [-0.15, -0.1) is 0 Å². The van der Waals surface area contributed by atoms with Gasteiger partial charge in [0.05, 0.1) is 12.3 Å². The number of rotatable bonds is 6. The lowest BCUT2D eigenvalue weighted by molar-refractivity contribution is -0.146. The Morgan fingerprint density at radius 3 is 2.00 bits per heavy atom. The van der Waals surface area contributed by atoms with Crippen LogP contribution in [0, 0.1) is 17.8 Å².